The van der Waals surface area contributed by atoms with Gasteiger partial charge in [-0.3, -0.25) is 9.78 Å². The van der Waals surface area contributed by atoms with Gasteiger partial charge < -0.3 is 10.3 Å². The van der Waals surface area contributed by atoms with Gasteiger partial charge in [0, 0.05) is 30.3 Å². The molecule has 0 radical (unpaired) electrons. The number of aromatic nitrogens is 3. The normalized spacial score (nSPS) is 10.8. The maximum Gasteiger partial charge on any atom is 0.251 e. The van der Waals surface area contributed by atoms with Gasteiger partial charge in [0.05, 0.1) is 11.0 Å². The Morgan fingerprint density at radius 2 is 1.70 bits per heavy atom. The zero-order chi connectivity index (χ0) is 18.5. The first-order valence-corrected chi connectivity index (χ1v) is 9.60. The second kappa shape index (κ2) is 8.05. The number of pyridine rings is 1. The maximum absolute atomic E-state index is 12.1. The molecule has 27 heavy (non-hydrogen) atoms. The number of H-pyrrole nitrogens is 1. The highest BCUT2D eigenvalue weighted by atomic mass is 32.2. The molecule has 2 heterocycles. The molecule has 1 amide bonds. The van der Waals surface area contributed by atoms with Crippen LogP contribution in [0.4, 0.5) is 0 Å². The van der Waals surface area contributed by atoms with E-state index in [4.69, 9.17) is 0 Å². The lowest BCUT2D eigenvalue weighted by Gasteiger charge is -2.06. The number of nitrogens with one attached hydrogen (secondary N) is 2. The summed E-state index contributed by atoms with van der Waals surface area (Å²) in [7, 11) is 0. The Bertz CT molecular complexity index is 1010. The monoisotopic (exact) mass is 374 g/mol. The molecule has 0 unspecified atom stereocenters. The molecule has 2 aromatic carbocycles. The summed E-state index contributed by atoms with van der Waals surface area (Å²) in [5.74, 6) is 0.741. The van der Waals surface area contributed by atoms with Crippen molar-refractivity contribution in [1.29, 1.82) is 0 Å². The van der Waals surface area contributed by atoms with Gasteiger partial charge in [0.1, 0.15) is 0 Å². The molecule has 0 spiro atoms. The van der Waals surface area contributed by atoms with Gasteiger partial charge >= 0.3 is 0 Å². The van der Waals surface area contributed by atoms with E-state index in [1.807, 2.05) is 36.4 Å². The molecule has 0 aliphatic carbocycles. The van der Waals surface area contributed by atoms with Gasteiger partial charge in [0.15, 0.2) is 5.16 Å². The van der Waals surface area contributed by atoms with E-state index in [9.17, 15) is 4.79 Å². The number of rotatable bonds is 6. The Morgan fingerprint density at radius 3 is 2.48 bits per heavy atom. The maximum atomic E-state index is 12.1. The minimum Gasteiger partial charge on any atom is -0.348 e. The molecular formula is C21H18N4OS. The Morgan fingerprint density at radius 1 is 0.963 bits per heavy atom. The van der Waals surface area contributed by atoms with Crippen LogP contribution in [-0.4, -0.2) is 20.9 Å². The number of hydrogen-bond donors (Lipinski definition) is 2. The SMILES string of the molecule is O=C(NCc1ccc(CSc2nc3ccccc3[nH]2)cc1)c1ccncc1. The number of thioether (sulfide) groups is 1. The third-order valence-electron chi connectivity index (χ3n) is 4.16. The summed E-state index contributed by atoms with van der Waals surface area (Å²) >= 11 is 1.68. The molecule has 0 saturated carbocycles. The van der Waals surface area contributed by atoms with E-state index in [1.54, 1.807) is 36.3 Å². The first kappa shape index (κ1) is 17.3. The van der Waals surface area contributed by atoms with Crippen LogP contribution < -0.4 is 5.32 Å². The molecule has 2 aromatic heterocycles. The number of amides is 1. The molecule has 0 bridgehead atoms. The third-order valence-corrected chi connectivity index (χ3v) is 5.11. The van der Waals surface area contributed by atoms with Gasteiger partial charge in [-0.15, -0.1) is 0 Å². The van der Waals surface area contributed by atoms with Crippen LogP contribution in [0.3, 0.4) is 0 Å². The van der Waals surface area contributed by atoms with E-state index >= 15 is 0 Å². The number of fused-ring (bicyclic) bond motifs is 1. The highest BCUT2D eigenvalue weighted by Crippen LogP contribution is 2.23. The average Bonchev–Trinajstić information content (AvgIpc) is 3.15. The zero-order valence-electron chi connectivity index (χ0n) is 14.6. The number of hydrogen-bond acceptors (Lipinski definition) is 4. The van der Waals surface area contributed by atoms with Crippen LogP contribution in [0.1, 0.15) is 21.5 Å². The zero-order valence-corrected chi connectivity index (χ0v) is 15.4. The molecule has 4 rings (SSSR count). The summed E-state index contributed by atoms with van der Waals surface area (Å²) in [5.41, 5.74) is 4.93. The molecule has 0 fully saturated rings. The largest absolute Gasteiger partial charge is 0.348 e. The van der Waals surface area contributed by atoms with Crippen LogP contribution in [0, 0.1) is 0 Å². The fourth-order valence-corrected chi connectivity index (χ4v) is 3.53. The van der Waals surface area contributed by atoms with E-state index in [1.165, 1.54) is 5.56 Å². The minimum absolute atomic E-state index is 0.0954. The van der Waals surface area contributed by atoms with Gasteiger partial charge in [-0.05, 0) is 35.4 Å². The highest BCUT2D eigenvalue weighted by Gasteiger charge is 2.05. The van der Waals surface area contributed by atoms with E-state index < -0.39 is 0 Å². The lowest BCUT2D eigenvalue weighted by molar-refractivity contribution is 0.0951. The lowest BCUT2D eigenvalue weighted by atomic mass is 10.1. The third kappa shape index (κ3) is 4.35. The van der Waals surface area contributed by atoms with E-state index in [2.05, 4.69) is 32.4 Å². The van der Waals surface area contributed by atoms with E-state index in [-0.39, 0.29) is 5.91 Å². The molecule has 0 saturated heterocycles. The topological polar surface area (TPSA) is 70.7 Å². The summed E-state index contributed by atoms with van der Waals surface area (Å²) < 4.78 is 0. The number of carbonyl (C=O) groups excluding carboxylic acids is 1. The molecule has 5 nitrogen and oxygen atoms in total. The van der Waals surface area contributed by atoms with Gasteiger partial charge in [-0.2, -0.15) is 0 Å². The predicted molar refractivity (Wildman–Crippen MR) is 108 cm³/mol. The molecule has 0 atom stereocenters. The standard InChI is InChI=1S/C21H18N4OS/c26-20(17-9-11-22-12-10-17)23-13-15-5-7-16(8-6-15)14-27-21-24-18-3-1-2-4-19(18)25-21/h1-12H,13-14H2,(H,23,26)(H,24,25). The lowest BCUT2D eigenvalue weighted by Crippen LogP contribution is -2.22. The number of carbonyl (C=O) groups is 1. The first-order chi connectivity index (χ1) is 13.3. The number of benzene rings is 2. The Kier molecular flexibility index (Phi) is 5.16. The summed E-state index contributed by atoms with van der Waals surface area (Å²) in [6, 6.07) is 19.7. The predicted octanol–water partition coefficient (Wildman–Crippen LogP) is 4.18. The molecule has 2 N–H and O–H groups in total. The smallest absolute Gasteiger partial charge is 0.251 e. The summed E-state index contributed by atoms with van der Waals surface area (Å²) in [5, 5.41) is 3.84. The van der Waals surface area contributed by atoms with Crippen LogP contribution in [0.2, 0.25) is 0 Å². The van der Waals surface area contributed by atoms with Crippen LogP contribution >= 0.6 is 11.8 Å². The van der Waals surface area contributed by atoms with Gasteiger partial charge in [-0.25, -0.2) is 4.98 Å². The average molecular weight is 374 g/mol. The van der Waals surface area contributed by atoms with Crippen molar-refractivity contribution in [3.05, 3.63) is 89.7 Å². The van der Waals surface area contributed by atoms with Crippen molar-refractivity contribution in [3.63, 3.8) is 0 Å². The van der Waals surface area contributed by atoms with Crippen molar-refractivity contribution in [2.75, 3.05) is 0 Å². The summed E-state index contributed by atoms with van der Waals surface area (Å²) in [6.07, 6.45) is 3.23. The second-order valence-corrected chi connectivity index (χ2v) is 7.05. The molecule has 134 valence electrons. The quantitative estimate of drug-likeness (QED) is 0.497. The van der Waals surface area contributed by atoms with E-state index in [0.717, 1.165) is 27.5 Å². The van der Waals surface area contributed by atoms with Crippen LogP contribution in [0.15, 0.2) is 78.2 Å². The van der Waals surface area contributed by atoms with Gasteiger partial charge in [-0.1, -0.05) is 48.2 Å². The molecule has 0 aliphatic rings. The molecule has 0 aliphatic heterocycles. The van der Waals surface area contributed by atoms with Crippen molar-refractivity contribution in [1.82, 2.24) is 20.3 Å². The van der Waals surface area contributed by atoms with Crippen molar-refractivity contribution in [3.8, 4) is 0 Å². The van der Waals surface area contributed by atoms with E-state index in [0.29, 0.717) is 12.1 Å². The van der Waals surface area contributed by atoms with Crippen molar-refractivity contribution in [2.45, 2.75) is 17.5 Å². The number of aromatic amines is 1. The van der Waals surface area contributed by atoms with Crippen molar-refractivity contribution in [2.24, 2.45) is 0 Å². The summed E-state index contributed by atoms with van der Waals surface area (Å²) in [4.78, 5) is 23.9. The number of nitrogens with zero attached hydrogens (tertiary/aromatic N) is 2. The van der Waals surface area contributed by atoms with Crippen molar-refractivity contribution < 1.29 is 4.79 Å². The van der Waals surface area contributed by atoms with Crippen LogP contribution in [0.5, 0.6) is 0 Å². The fourth-order valence-electron chi connectivity index (χ4n) is 2.69. The van der Waals surface area contributed by atoms with Crippen molar-refractivity contribution >= 4 is 28.7 Å². The Hall–Kier alpha value is -3.12. The Balaban J connectivity index is 1.31. The van der Waals surface area contributed by atoms with Crippen LogP contribution in [-0.2, 0) is 12.3 Å². The van der Waals surface area contributed by atoms with Gasteiger partial charge in [0.25, 0.3) is 5.91 Å². The number of para-hydroxylation sites is 2. The second-order valence-electron chi connectivity index (χ2n) is 6.08. The number of imidazole rings is 1. The van der Waals surface area contributed by atoms with Crippen LogP contribution in [0.25, 0.3) is 11.0 Å². The first-order valence-electron chi connectivity index (χ1n) is 8.61. The Labute approximate surface area is 161 Å². The molecule has 6 heteroatoms. The molecular weight excluding hydrogens is 356 g/mol. The molecule has 4 aromatic rings. The van der Waals surface area contributed by atoms with Gasteiger partial charge in [0.2, 0.25) is 0 Å². The minimum atomic E-state index is -0.0954. The summed E-state index contributed by atoms with van der Waals surface area (Å²) in [6.45, 7) is 0.498. The highest BCUT2D eigenvalue weighted by molar-refractivity contribution is 7.98. The fraction of sp³-hybridized carbons (Fsp3) is 0.0952.